The van der Waals surface area contributed by atoms with Crippen molar-refractivity contribution in [2.45, 2.75) is 95.0 Å². The van der Waals surface area contributed by atoms with Gasteiger partial charge in [0.15, 0.2) is 5.69 Å². The molecule has 1 unspecified atom stereocenters. The van der Waals surface area contributed by atoms with Crippen LogP contribution in [0.2, 0.25) is 0 Å². The van der Waals surface area contributed by atoms with E-state index in [9.17, 15) is 24.0 Å². The number of carbonyl (C=O) groups excluding carboxylic acids is 5. The number of nitrogens with one attached hydrogen (secondary N) is 2. The van der Waals surface area contributed by atoms with Crippen molar-refractivity contribution in [2.75, 3.05) is 27.9 Å². The van der Waals surface area contributed by atoms with Gasteiger partial charge in [-0.3, -0.25) is 9.59 Å². The van der Waals surface area contributed by atoms with Gasteiger partial charge in [0, 0.05) is 29.9 Å². The zero-order chi connectivity index (χ0) is 36.2. The standard InChI is InChI=1S/C36H46N4O10/c1-35(2,3)50-34(45)38-25-13-11-9-7-8-10-12-21-19-36(21,33(44)48-6)39-30(41)28-17-23(20-40(28)31(25)42)49-29-18-27(32(43)47-5)37-26-16-22(46-4)14-15-24(26)29/h10,12,14-16,18,21,23,25,28H,7-9,11,13,17,19-20H2,1-6H3,(H,38,45)(H,39,41)/t21-,23-,25+,28+,36?/m1/s1. The van der Waals surface area contributed by atoms with E-state index >= 15 is 0 Å². The van der Waals surface area contributed by atoms with E-state index in [2.05, 4.69) is 15.6 Å². The smallest absolute Gasteiger partial charge is 0.408 e. The Hall–Kier alpha value is -4.88. The molecular formula is C36H46N4O10. The molecule has 2 fully saturated rings. The van der Waals surface area contributed by atoms with Crippen LogP contribution >= 0.6 is 0 Å². The third-order valence-electron chi connectivity index (χ3n) is 9.15. The molecule has 2 N–H and O–H groups in total. The lowest BCUT2D eigenvalue weighted by atomic mass is 10.0. The monoisotopic (exact) mass is 694 g/mol. The number of hydrogen-bond donors (Lipinski definition) is 2. The molecule has 1 aromatic carbocycles. The lowest BCUT2D eigenvalue weighted by Crippen LogP contribution is -2.56. The summed E-state index contributed by atoms with van der Waals surface area (Å²) >= 11 is 0. The molecule has 50 heavy (non-hydrogen) atoms. The fourth-order valence-corrected chi connectivity index (χ4v) is 6.55. The van der Waals surface area contributed by atoms with Crippen LogP contribution in [0.4, 0.5) is 4.79 Å². The Bertz CT molecular complexity index is 1670. The van der Waals surface area contributed by atoms with Crippen LogP contribution in [0.15, 0.2) is 36.4 Å². The van der Waals surface area contributed by atoms with Gasteiger partial charge in [-0.15, -0.1) is 0 Å². The highest BCUT2D eigenvalue weighted by molar-refractivity contribution is 5.97. The van der Waals surface area contributed by atoms with Crippen molar-refractivity contribution in [3.8, 4) is 11.5 Å². The number of pyridine rings is 1. The molecule has 1 aromatic heterocycles. The number of amides is 3. The quantitative estimate of drug-likeness (QED) is 0.256. The van der Waals surface area contributed by atoms with Gasteiger partial charge in [-0.1, -0.05) is 25.0 Å². The summed E-state index contributed by atoms with van der Waals surface area (Å²) in [5.74, 6) is -1.70. The molecule has 5 atom stereocenters. The minimum absolute atomic E-state index is 0.000565. The predicted molar refractivity (Wildman–Crippen MR) is 181 cm³/mol. The van der Waals surface area contributed by atoms with Gasteiger partial charge in [0.2, 0.25) is 11.8 Å². The van der Waals surface area contributed by atoms with E-state index in [-0.39, 0.29) is 24.6 Å². The molecular weight excluding hydrogens is 648 g/mol. The average Bonchev–Trinajstić information content (AvgIpc) is 3.60. The van der Waals surface area contributed by atoms with E-state index in [1.54, 1.807) is 39.0 Å². The number of esters is 2. The number of methoxy groups -OCH3 is 3. The summed E-state index contributed by atoms with van der Waals surface area (Å²) in [5, 5.41) is 6.22. The van der Waals surface area contributed by atoms with Crippen molar-refractivity contribution < 1.29 is 47.7 Å². The molecule has 2 aromatic rings. The summed E-state index contributed by atoms with van der Waals surface area (Å²) in [6, 6.07) is 4.54. The molecule has 2 aliphatic heterocycles. The number of fused-ring (bicyclic) bond motifs is 3. The summed E-state index contributed by atoms with van der Waals surface area (Å²) in [7, 11) is 4.03. The van der Waals surface area contributed by atoms with Gasteiger partial charge in [0.05, 0.1) is 33.4 Å². The van der Waals surface area contributed by atoms with Gasteiger partial charge in [-0.05, 0) is 58.6 Å². The molecule has 270 valence electrons. The van der Waals surface area contributed by atoms with Crippen LogP contribution in [0.1, 0.15) is 76.2 Å². The van der Waals surface area contributed by atoms with Crippen LogP contribution < -0.4 is 20.1 Å². The third-order valence-corrected chi connectivity index (χ3v) is 9.15. The Morgan fingerprint density at radius 2 is 1.82 bits per heavy atom. The van der Waals surface area contributed by atoms with E-state index in [0.717, 1.165) is 19.3 Å². The maximum atomic E-state index is 14.4. The predicted octanol–water partition coefficient (Wildman–Crippen LogP) is 3.84. The Morgan fingerprint density at radius 3 is 2.52 bits per heavy atom. The van der Waals surface area contributed by atoms with Gasteiger partial charge in [-0.2, -0.15) is 0 Å². The van der Waals surface area contributed by atoms with E-state index in [4.69, 9.17) is 23.7 Å². The fraction of sp³-hybridized carbons (Fsp3) is 0.556. The first-order valence-electron chi connectivity index (χ1n) is 16.9. The van der Waals surface area contributed by atoms with Crippen LogP contribution in [0, 0.1) is 5.92 Å². The van der Waals surface area contributed by atoms with Crippen LogP contribution in [-0.4, -0.2) is 96.9 Å². The van der Waals surface area contributed by atoms with Crippen molar-refractivity contribution in [3.05, 3.63) is 42.1 Å². The highest BCUT2D eigenvalue weighted by Gasteiger charge is 2.62. The number of allylic oxidation sites excluding steroid dienone is 1. The van der Waals surface area contributed by atoms with Crippen molar-refractivity contribution in [3.63, 3.8) is 0 Å². The highest BCUT2D eigenvalue weighted by atomic mass is 16.6. The number of nitrogens with zero attached hydrogens (tertiary/aromatic N) is 2. The number of ether oxygens (including phenoxy) is 5. The fourth-order valence-electron chi connectivity index (χ4n) is 6.55. The number of carbonyl (C=O) groups is 5. The van der Waals surface area contributed by atoms with Crippen molar-refractivity contribution in [1.82, 2.24) is 20.5 Å². The zero-order valence-corrected chi connectivity index (χ0v) is 29.4. The number of aromatic nitrogens is 1. The van der Waals surface area contributed by atoms with E-state index in [0.29, 0.717) is 41.7 Å². The van der Waals surface area contributed by atoms with E-state index in [1.807, 2.05) is 12.2 Å². The largest absolute Gasteiger partial charge is 0.497 e. The number of hydrogen-bond acceptors (Lipinski definition) is 11. The second-order valence-corrected chi connectivity index (χ2v) is 13.9. The molecule has 5 rings (SSSR count). The molecule has 0 spiro atoms. The van der Waals surface area contributed by atoms with E-state index in [1.165, 1.54) is 32.3 Å². The van der Waals surface area contributed by atoms with Crippen LogP contribution in [0.25, 0.3) is 10.9 Å². The third kappa shape index (κ3) is 8.11. The lowest BCUT2D eigenvalue weighted by Gasteiger charge is -2.30. The Kier molecular flexibility index (Phi) is 10.9. The minimum Gasteiger partial charge on any atom is -0.497 e. The van der Waals surface area contributed by atoms with Gasteiger partial charge in [0.1, 0.15) is 40.8 Å². The summed E-state index contributed by atoms with van der Waals surface area (Å²) in [5.41, 5.74) is -1.63. The lowest BCUT2D eigenvalue weighted by molar-refractivity contribution is -0.148. The molecule has 1 saturated carbocycles. The topological polar surface area (TPSA) is 172 Å². The molecule has 3 aliphatic rings. The molecule has 1 aliphatic carbocycles. The van der Waals surface area contributed by atoms with Crippen molar-refractivity contribution in [2.24, 2.45) is 5.92 Å². The first-order chi connectivity index (χ1) is 23.8. The summed E-state index contributed by atoms with van der Waals surface area (Å²) in [6.07, 6.45) is 6.28. The molecule has 1 saturated heterocycles. The first-order valence-corrected chi connectivity index (χ1v) is 16.9. The Labute approximate surface area is 291 Å². The van der Waals surface area contributed by atoms with Crippen molar-refractivity contribution in [1.29, 1.82) is 0 Å². The first kappa shape index (κ1) is 36.4. The second-order valence-electron chi connectivity index (χ2n) is 13.9. The normalized spacial score (nSPS) is 25.6. The average molecular weight is 695 g/mol. The van der Waals surface area contributed by atoms with Crippen molar-refractivity contribution >= 4 is 40.7 Å². The highest BCUT2D eigenvalue weighted by Crippen LogP contribution is 2.46. The van der Waals surface area contributed by atoms with Crippen LogP contribution in [-0.2, 0) is 28.6 Å². The molecule has 0 bridgehead atoms. The molecule has 0 radical (unpaired) electrons. The zero-order valence-electron chi connectivity index (χ0n) is 29.4. The van der Waals surface area contributed by atoms with Gasteiger partial charge in [0.25, 0.3) is 0 Å². The summed E-state index contributed by atoms with van der Waals surface area (Å²) < 4.78 is 27.3. The van der Waals surface area contributed by atoms with Crippen LogP contribution in [0.5, 0.6) is 11.5 Å². The number of rotatable bonds is 6. The Morgan fingerprint density at radius 1 is 1.04 bits per heavy atom. The van der Waals surface area contributed by atoms with Crippen LogP contribution in [0.3, 0.4) is 0 Å². The minimum atomic E-state index is -1.25. The number of benzene rings is 1. The second kappa shape index (κ2) is 14.9. The van der Waals surface area contributed by atoms with Gasteiger partial charge < -0.3 is 39.2 Å². The summed E-state index contributed by atoms with van der Waals surface area (Å²) in [4.78, 5) is 72.8. The molecule has 14 nitrogen and oxygen atoms in total. The molecule has 3 amide bonds. The van der Waals surface area contributed by atoms with Gasteiger partial charge >= 0.3 is 18.0 Å². The number of alkyl carbamates (subject to hydrolysis) is 1. The maximum absolute atomic E-state index is 14.4. The Balaban J connectivity index is 1.50. The van der Waals surface area contributed by atoms with Gasteiger partial charge in [-0.25, -0.2) is 19.4 Å². The molecule has 14 heteroatoms. The SMILES string of the molecule is COC(=O)c1cc(O[C@@H]2C[C@H]3C(=O)NC4(C(=O)OC)C[C@H]4C=CCCCCC[C@H](NC(=O)OC(C)(C)C)C(=O)N3C2)c2ccc(OC)cc2n1. The van der Waals surface area contributed by atoms with E-state index < -0.39 is 59.2 Å². The maximum Gasteiger partial charge on any atom is 0.408 e. The summed E-state index contributed by atoms with van der Waals surface area (Å²) in [6.45, 7) is 5.17. The molecule has 3 heterocycles.